The van der Waals surface area contributed by atoms with Crippen LogP contribution in [0.15, 0.2) is 48.1 Å². The number of hydrogen-bond acceptors (Lipinski definition) is 6. The highest BCUT2D eigenvalue weighted by Gasteiger charge is 2.43. The zero-order valence-electron chi connectivity index (χ0n) is 16.0. The number of carbonyl (C=O) groups is 2. The molecule has 1 saturated heterocycles. The van der Waals surface area contributed by atoms with Gasteiger partial charge in [-0.3, -0.25) is 0 Å². The summed E-state index contributed by atoms with van der Waals surface area (Å²) in [6, 6.07) is 9.08. The van der Waals surface area contributed by atoms with Crippen molar-refractivity contribution in [3.63, 3.8) is 0 Å². The molecule has 0 radical (unpaired) electrons. The van der Waals surface area contributed by atoms with E-state index in [1.54, 1.807) is 22.4 Å². The van der Waals surface area contributed by atoms with Gasteiger partial charge in [0.25, 0.3) is 0 Å². The van der Waals surface area contributed by atoms with Gasteiger partial charge in [-0.2, -0.15) is 9.78 Å². The predicted octanol–water partition coefficient (Wildman–Crippen LogP) is 3.46. The number of fused-ring (bicyclic) bond motifs is 1. The number of thiazole rings is 1. The van der Waals surface area contributed by atoms with Gasteiger partial charge in [0.2, 0.25) is 0 Å². The van der Waals surface area contributed by atoms with Crippen LogP contribution in [0.3, 0.4) is 0 Å². The molecule has 2 fully saturated rings. The standard InChI is InChI=1S/C21H20N4O4S/c26-20(27)18-4-6-25(23-18)21(28)24-11-14-9-17(10-15(14)12-24)29-16-3-1-2-13(8-16)19-22-5-7-30-19/h1-8,14-15,17H,9-12H2,(H,26,27)/t14-,15+,17?. The maximum absolute atomic E-state index is 12.6. The summed E-state index contributed by atoms with van der Waals surface area (Å²) in [7, 11) is 0. The SMILES string of the molecule is O=C(O)c1ccn(C(=O)N2C[C@H]3CC(Oc4cccc(-c5nccs5)c4)C[C@H]3C2)n1. The van der Waals surface area contributed by atoms with Crippen molar-refractivity contribution in [2.24, 2.45) is 11.8 Å². The highest BCUT2D eigenvalue weighted by molar-refractivity contribution is 7.13. The Bertz CT molecular complexity index is 1070. The number of likely N-dealkylation sites (tertiary alicyclic amines) is 1. The number of rotatable bonds is 4. The van der Waals surface area contributed by atoms with Crippen LogP contribution >= 0.6 is 11.3 Å². The van der Waals surface area contributed by atoms with Gasteiger partial charge in [-0.15, -0.1) is 11.3 Å². The lowest BCUT2D eigenvalue weighted by molar-refractivity contribution is 0.0690. The second-order valence-electron chi connectivity index (χ2n) is 7.73. The Labute approximate surface area is 176 Å². The van der Waals surface area contributed by atoms with Gasteiger partial charge in [0.1, 0.15) is 10.8 Å². The highest BCUT2D eigenvalue weighted by Crippen LogP contribution is 2.40. The number of carbonyl (C=O) groups excluding carboxylic acids is 1. The maximum Gasteiger partial charge on any atom is 0.356 e. The number of benzene rings is 1. The van der Waals surface area contributed by atoms with E-state index in [0.717, 1.165) is 33.8 Å². The number of carboxylic acid groups (broad SMARTS) is 1. The quantitative estimate of drug-likeness (QED) is 0.689. The van der Waals surface area contributed by atoms with Crippen LogP contribution in [0, 0.1) is 11.8 Å². The van der Waals surface area contributed by atoms with E-state index < -0.39 is 5.97 Å². The molecule has 2 aliphatic rings. The van der Waals surface area contributed by atoms with E-state index >= 15 is 0 Å². The summed E-state index contributed by atoms with van der Waals surface area (Å²) in [5.74, 6) is 0.475. The maximum atomic E-state index is 12.6. The molecular formula is C21H20N4O4S. The number of amides is 1. The summed E-state index contributed by atoms with van der Waals surface area (Å²) in [4.78, 5) is 29.7. The van der Waals surface area contributed by atoms with E-state index in [9.17, 15) is 9.59 Å². The fraction of sp³-hybridized carbons (Fsp3) is 0.333. The van der Waals surface area contributed by atoms with Crippen molar-refractivity contribution in [1.29, 1.82) is 0 Å². The normalized spacial score (nSPS) is 22.8. The molecule has 3 aromatic rings. The van der Waals surface area contributed by atoms with Gasteiger partial charge in [-0.1, -0.05) is 12.1 Å². The van der Waals surface area contributed by atoms with Crippen LogP contribution in [0.2, 0.25) is 0 Å². The number of ether oxygens (including phenoxy) is 1. The largest absolute Gasteiger partial charge is 0.490 e. The van der Waals surface area contributed by atoms with Gasteiger partial charge in [-0.25, -0.2) is 14.6 Å². The van der Waals surface area contributed by atoms with E-state index in [2.05, 4.69) is 10.1 Å². The first-order chi connectivity index (χ1) is 14.6. The van der Waals surface area contributed by atoms with Crippen LogP contribution < -0.4 is 4.74 Å². The van der Waals surface area contributed by atoms with E-state index in [1.807, 2.05) is 29.6 Å². The number of carboxylic acids is 1. The number of aromatic nitrogens is 3. The molecule has 1 aliphatic heterocycles. The average molecular weight is 424 g/mol. The van der Waals surface area contributed by atoms with Gasteiger partial charge >= 0.3 is 12.0 Å². The number of aromatic carboxylic acids is 1. The molecule has 154 valence electrons. The summed E-state index contributed by atoms with van der Waals surface area (Å²) < 4.78 is 7.36. The minimum atomic E-state index is -1.14. The van der Waals surface area contributed by atoms with E-state index in [4.69, 9.17) is 9.84 Å². The van der Waals surface area contributed by atoms with E-state index in [0.29, 0.717) is 24.9 Å². The van der Waals surface area contributed by atoms with Crippen molar-refractivity contribution in [2.75, 3.05) is 13.1 Å². The Hall–Kier alpha value is -3.20. The molecule has 1 N–H and O–H groups in total. The molecule has 1 aromatic carbocycles. The fourth-order valence-electron chi connectivity index (χ4n) is 4.45. The van der Waals surface area contributed by atoms with Crippen LogP contribution in [-0.2, 0) is 0 Å². The second kappa shape index (κ2) is 7.56. The van der Waals surface area contributed by atoms with Crippen molar-refractivity contribution in [3.05, 3.63) is 53.8 Å². The highest BCUT2D eigenvalue weighted by atomic mass is 32.1. The third kappa shape index (κ3) is 3.56. The lowest BCUT2D eigenvalue weighted by Gasteiger charge is -2.20. The molecule has 1 unspecified atom stereocenters. The first kappa shape index (κ1) is 18.8. The zero-order chi connectivity index (χ0) is 20.7. The number of hydrogen-bond donors (Lipinski definition) is 1. The van der Waals surface area contributed by atoms with Crippen LogP contribution in [-0.4, -0.2) is 56.0 Å². The molecule has 1 amide bonds. The minimum absolute atomic E-state index is 0.129. The van der Waals surface area contributed by atoms with Gasteiger partial charge < -0.3 is 14.7 Å². The average Bonchev–Trinajstić information content (AvgIpc) is 3.50. The lowest BCUT2D eigenvalue weighted by Crippen LogP contribution is -2.34. The minimum Gasteiger partial charge on any atom is -0.490 e. The van der Waals surface area contributed by atoms with Crippen LogP contribution in [0.1, 0.15) is 23.3 Å². The van der Waals surface area contributed by atoms with E-state index in [-0.39, 0.29) is 17.8 Å². The van der Waals surface area contributed by atoms with Crippen molar-refractivity contribution >= 4 is 23.3 Å². The molecule has 9 heteroatoms. The molecule has 0 spiro atoms. The summed E-state index contributed by atoms with van der Waals surface area (Å²) in [6.45, 7) is 1.29. The molecule has 0 bridgehead atoms. The summed E-state index contributed by atoms with van der Waals surface area (Å²) >= 11 is 1.60. The summed E-state index contributed by atoms with van der Waals surface area (Å²) in [6.07, 6.45) is 5.13. The molecule has 2 aromatic heterocycles. The third-order valence-electron chi connectivity index (χ3n) is 5.80. The van der Waals surface area contributed by atoms with Crippen molar-refractivity contribution in [3.8, 4) is 16.3 Å². The van der Waals surface area contributed by atoms with Crippen LogP contribution in [0.25, 0.3) is 10.6 Å². The van der Waals surface area contributed by atoms with E-state index in [1.165, 1.54) is 12.3 Å². The van der Waals surface area contributed by atoms with Crippen molar-refractivity contribution < 1.29 is 19.4 Å². The zero-order valence-corrected chi connectivity index (χ0v) is 16.9. The molecule has 8 nitrogen and oxygen atoms in total. The second-order valence-corrected chi connectivity index (χ2v) is 8.63. The molecule has 1 saturated carbocycles. The van der Waals surface area contributed by atoms with Crippen molar-refractivity contribution in [1.82, 2.24) is 19.7 Å². The predicted molar refractivity (Wildman–Crippen MR) is 110 cm³/mol. The Morgan fingerprint density at radius 1 is 1.17 bits per heavy atom. The van der Waals surface area contributed by atoms with Gasteiger partial charge in [-0.05, 0) is 42.9 Å². The van der Waals surface area contributed by atoms with Crippen LogP contribution in [0.4, 0.5) is 4.79 Å². The Kier molecular flexibility index (Phi) is 4.74. The third-order valence-corrected chi connectivity index (χ3v) is 6.62. The molecule has 3 atom stereocenters. The smallest absolute Gasteiger partial charge is 0.356 e. The molecule has 30 heavy (non-hydrogen) atoms. The van der Waals surface area contributed by atoms with Gasteiger partial charge in [0, 0.05) is 36.4 Å². The first-order valence-electron chi connectivity index (χ1n) is 9.81. The lowest BCUT2D eigenvalue weighted by atomic mass is 10.0. The van der Waals surface area contributed by atoms with Gasteiger partial charge in [0.05, 0.1) is 6.10 Å². The first-order valence-corrected chi connectivity index (χ1v) is 10.7. The van der Waals surface area contributed by atoms with Crippen molar-refractivity contribution in [2.45, 2.75) is 18.9 Å². The monoisotopic (exact) mass is 424 g/mol. The molecule has 1 aliphatic carbocycles. The molecule has 5 rings (SSSR count). The fourth-order valence-corrected chi connectivity index (χ4v) is 5.08. The summed E-state index contributed by atoms with van der Waals surface area (Å²) in [5.41, 5.74) is 0.925. The Balaban J connectivity index is 1.20. The summed E-state index contributed by atoms with van der Waals surface area (Å²) in [5, 5.41) is 15.8. The number of nitrogens with zero attached hydrogens (tertiary/aromatic N) is 4. The Morgan fingerprint density at radius 3 is 2.63 bits per heavy atom. The van der Waals surface area contributed by atoms with Gasteiger partial charge in [0.15, 0.2) is 5.69 Å². The van der Waals surface area contributed by atoms with Crippen LogP contribution in [0.5, 0.6) is 5.75 Å². The Morgan fingerprint density at radius 2 is 1.97 bits per heavy atom. The molecule has 3 heterocycles. The molecular weight excluding hydrogens is 404 g/mol. The topological polar surface area (TPSA) is 97.5 Å².